The van der Waals surface area contributed by atoms with Gasteiger partial charge in [-0.05, 0) is 51.1 Å². The quantitative estimate of drug-likeness (QED) is 0.679. The largest absolute Gasteiger partial charge is 0.365 e. The van der Waals surface area contributed by atoms with Crippen molar-refractivity contribution in [2.24, 2.45) is 0 Å². The average molecular weight is 342 g/mol. The highest BCUT2D eigenvalue weighted by molar-refractivity contribution is 7.99. The Balaban J connectivity index is 1.78. The molecule has 4 rings (SSSR count). The molecule has 0 atom stereocenters. The van der Waals surface area contributed by atoms with Crippen LogP contribution in [-0.2, 0) is 23.4 Å². The van der Waals surface area contributed by atoms with E-state index >= 15 is 0 Å². The minimum atomic E-state index is -0.302. The highest BCUT2D eigenvalue weighted by Crippen LogP contribution is 2.43. The van der Waals surface area contributed by atoms with Crippen molar-refractivity contribution in [2.45, 2.75) is 56.4 Å². The van der Waals surface area contributed by atoms with Crippen molar-refractivity contribution in [1.82, 2.24) is 15.0 Å². The van der Waals surface area contributed by atoms with Crippen molar-refractivity contribution in [1.29, 1.82) is 0 Å². The Morgan fingerprint density at radius 3 is 2.71 bits per heavy atom. The summed E-state index contributed by atoms with van der Waals surface area (Å²) >= 11 is 1.66. The highest BCUT2D eigenvalue weighted by Gasteiger charge is 2.35. The fraction of sp³-hybridized carbons (Fsp3) is 0.500. The third-order valence-electron chi connectivity index (χ3n) is 4.81. The summed E-state index contributed by atoms with van der Waals surface area (Å²) in [6.45, 7) is 11.0. The molecule has 24 heavy (non-hydrogen) atoms. The van der Waals surface area contributed by atoms with Crippen LogP contribution >= 0.6 is 11.8 Å². The summed E-state index contributed by atoms with van der Waals surface area (Å²) < 4.78 is 5.90. The zero-order valence-corrected chi connectivity index (χ0v) is 15.4. The second kappa shape index (κ2) is 5.70. The first-order valence-corrected chi connectivity index (χ1v) is 9.29. The number of hydrogen-bond donors (Lipinski definition) is 0. The van der Waals surface area contributed by atoms with Crippen molar-refractivity contribution >= 4 is 17.6 Å². The van der Waals surface area contributed by atoms with Crippen molar-refractivity contribution in [3.05, 3.63) is 34.8 Å². The van der Waals surface area contributed by atoms with Gasteiger partial charge in [-0.3, -0.25) is 0 Å². The molecule has 126 valence electrons. The van der Waals surface area contributed by atoms with E-state index in [4.69, 9.17) is 9.72 Å². The molecule has 4 heterocycles. The van der Waals surface area contributed by atoms with Crippen LogP contribution in [0.15, 0.2) is 22.4 Å². The molecule has 0 aliphatic carbocycles. The van der Waals surface area contributed by atoms with Crippen molar-refractivity contribution in [3.63, 3.8) is 0 Å². The number of fused-ring (bicyclic) bond motifs is 3. The number of anilines is 1. The lowest BCUT2D eigenvalue weighted by Gasteiger charge is -2.26. The second-order valence-corrected chi connectivity index (χ2v) is 7.67. The highest BCUT2D eigenvalue weighted by atomic mass is 32.2. The molecule has 0 radical (unpaired) electrons. The van der Waals surface area contributed by atoms with Gasteiger partial charge in [0.05, 0.1) is 12.3 Å². The van der Waals surface area contributed by atoms with Crippen molar-refractivity contribution in [3.8, 4) is 0 Å². The Morgan fingerprint density at radius 2 is 1.96 bits per heavy atom. The number of nitrogens with zero attached hydrogens (tertiary/aromatic N) is 4. The summed E-state index contributed by atoms with van der Waals surface area (Å²) in [6, 6.07) is 2.27. The van der Waals surface area contributed by atoms with Gasteiger partial charge in [0.15, 0.2) is 0 Å². The van der Waals surface area contributed by atoms with Crippen LogP contribution in [-0.4, -0.2) is 28.0 Å². The van der Waals surface area contributed by atoms with E-state index in [0.29, 0.717) is 6.61 Å². The van der Waals surface area contributed by atoms with E-state index in [1.807, 2.05) is 0 Å². The van der Waals surface area contributed by atoms with E-state index in [-0.39, 0.29) is 5.60 Å². The van der Waals surface area contributed by atoms with Crippen molar-refractivity contribution < 1.29 is 4.74 Å². The van der Waals surface area contributed by atoms with Crippen LogP contribution in [0.5, 0.6) is 0 Å². The van der Waals surface area contributed by atoms with Crippen LogP contribution in [0, 0.1) is 0 Å². The Labute approximate surface area is 146 Å². The lowest BCUT2D eigenvalue weighted by atomic mass is 9.99. The lowest BCUT2D eigenvalue weighted by Crippen LogP contribution is -2.25. The Bertz CT molecular complexity index is 802. The molecule has 0 N–H and O–H groups in total. The first-order chi connectivity index (χ1) is 11.5. The number of ether oxygens (including phenoxy) is 1. The molecule has 0 saturated carbocycles. The molecule has 2 aliphatic rings. The third kappa shape index (κ3) is 2.40. The van der Waals surface area contributed by atoms with Gasteiger partial charge in [-0.25, -0.2) is 15.0 Å². The van der Waals surface area contributed by atoms with Gasteiger partial charge in [0.1, 0.15) is 27.8 Å². The molecule has 0 saturated heterocycles. The fourth-order valence-electron chi connectivity index (χ4n) is 3.47. The summed E-state index contributed by atoms with van der Waals surface area (Å²) in [4.78, 5) is 16.3. The summed E-state index contributed by atoms with van der Waals surface area (Å²) in [5, 5.41) is 2.09. The molecule has 0 bridgehead atoms. The van der Waals surface area contributed by atoms with Crippen LogP contribution in [0.3, 0.4) is 0 Å². The van der Waals surface area contributed by atoms with Crippen LogP contribution in [0.25, 0.3) is 0 Å². The van der Waals surface area contributed by atoms with E-state index in [0.717, 1.165) is 41.1 Å². The first-order valence-electron chi connectivity index (χ1n) is 8.47. The molecule has 0 spiro atoms. The van der Waals surface area contributed by atoms with E-state index in [9.17, 15) is 0 Å². The van der Waals surface area contributed by atoms with E-state index in [2.05, 4.69) is 48.6 Å². The molecule has 0 fully saturated rings. The summed E-state index contributed by atoms with van der Waals surface area (Å²) in [6.07, 6.45) is 2.51. The normalized spacial score (nSPS) is 17.2. The molecule has 0 aromatic carbocycles. The zero-order chi connectivity index (χ0) is 16.9. The smallest absolute Gasteiger partial charge is 0.136 e. The van der Waals surface area contributed by atoms with Gasteiger partial charge in [-0.1, -0.05) is 0 Å². The molecular weight excluding hydrogens is 320 g/mol. The van der Waals surface area contributed by atoms with Gasteiger partial charge in [0.2, 0.25) is 0 Å². The molecule has 0 unspecified atom stereocenters. The van der Waals surface area contributed by atoms with E-state index in [1.165, 1.54) is 16.7 Å². The minimum Gasteiger partial charge on any atom is -0.365 e. The van der Waals surface area contributed by atoms with Crippen LogP contribution in [0.4, 0.5) is 5.82 Å². The first kappa shape index (κ1) is 15.8. The summed E-state index contributed by atoms with van der Waals surface area (Å²) in [7, 11) is 0. The monoisotopic (exact) mass is 342 g/mol. The van der Waals surface area contributed by atoms with E-state index < -0.39 is 0 Å². The maximum Gasteiger partial charge on any atom is 0.136 e. The predicted octanol–water partition coefficient (Wildman–Crippen LogP) is 3.54. The van der Waals surface area contributed by atoms with Gasteiger partial charge in [0, 0.05) is 30.6 Å². The maximum absolute atomic E-state index is 5.90. The lowest BCUT2D eigenvalue weighted by molar-refractivity contribution is -0.0103. The SMILES string of the molecule is CCN(CC)c1ncnc2c1Cc1cc3c(nc1S2)C(C)(C)OC3. The molecule has 2 aromatic rings. The zero-order valence-electron chi connectivity index (χ0n) is 14.6. The molecule has 6 heteroatoms. The van der Waals surface area contributed by atoms with Gasteiger partial charge in [-0.15, -0.1) is 0 Å². The topological polar surface area (TPSA) is 51.1 Å². The number of hydrogen-bond acceptors (Lipinski definition) is 6. The second-order valence-electron chi connectivity index (χ2n) is 6.69. The summed E-state index contributed by atoms with van der Waals surface area (Å²) in [5.41, 5.74) is 4.46. The third-order valence-corrected chi connectivity index (χ3v) is 5.90. The average Bonchev–Trinajstić information content (AvgIpc) is 2.87. The Hall–Kier alpha value is -1.66. The van der Waals surface area contributed by atoms with Gasteiger partial charge >= 0.3 is 0 Å². The minimum absolute atomic E-state index is 0.302. The van der Waals surface area contributed by atoms with Gasteiger partial charge < -0.3 is 9.64 Å². The number of aromatic nitrogens is 3. The van der Waals surface area contributed by atoms with Crippen LogP contribution in [0.1, 0.15) is 50.1 Å². The molecule has 0 amide bonds. The van der Waals surface area contributed by atoms with Gasteiger partial charge in [0.25, 0.3) is 0 Å². The Morgan fingerprint density at radius 1 is 1.17 bits per heavy atom. The molecule has 2 aliphatic heterocycles. The summed E-state index contributed by atoms with van der Waals surface area (Å²) in [5.74, 6) is 1.06. The number of rotatable bonds is 3. The van der Waals surface area contributed by atoms with Crippen molar-refractivity contribution in [2.75, 3.05) is 18.0 Å². The molecule has 2 aromatic heterocycles. The van der Waals surface area contributed by atoms with Crippen LogP contribution in [0.2, 0.25) is 0 Å². The Kier molecular flexibility index (Phi) is 3.77. The number of pyridine rings is 1. The van der Waals surface area contributed by atoms with Crippen LogP contribution < -0.4 is 4.90 Å². The predicted molar refractivity (Wildman–Crippen MR) is 94.6 cm³/mol. The fourth-order valence-corrected chi connectivity index (χ4v) is 4.43. The maximum atomic E-state index is 5.90. The van der Waals surface area contributed by atoms with Gasteiger partial charge in [-0.2, -0.15) is 0 Å². The molecule has 5 nitrogen and oxygen atoms in total. The molecular formula is C18H22N4OS. The van der Waals surface area contributed by atoms with E-state index in [1.54, 1.807) is 18.1 Å². The standard InChI is InChI=1S/C18H22N4OS/c1-5-22(6-2)15-13-8-11-7-12-9-23-18(3,4)14(12)21-16(11)24-17(13)20-10-19-15/h7,10H,5-6,8-9H2,1-4H3.